The average Bonchev–Trinajstić information content (AvgIpc) is 3.26. The van der Waals surface area contributed by atoms with Gasteiger partial charge >= 0.3 is 0 Å². The van der Waals surface area contributed by atoms with Crippen LogP contribution < -0.4 is 0 Å². The van der Waals surface area contributed by atoms with E-state index >= 15 is 0 Å². The van der Waals surface area contributed by atoms with Gasteiger partial charge in [0.1, 0.15) is 18.3 Å². The van der Waals surface area contributed by atoms with Gasteiger partial charge in [-0.05, 0) is 49.3 Å². The van der Waals surface area contributed by atoms with Gasteiger partial charge in [0.25, 0.3) is 0 Å². The zero-order chi connectivity index (χ0) is 21.7. The smallest absolute Gasteiger partial charge is 0.193 e. The molecule has 1 heterocycles. The molecule has 0 spiro atoms. The maximum Gasteiger partial charge on any atom is 0.193 e. The minimum atomic E-state index is -1.91. The molecule has 3 nitrogen and oxygen atoms in total. The van der Waals surface area contributed by atoms with Crippen LogP contribution in [0, 0.1) is 0 Å². The minimum absolute atomic E-state index is 0.0132. The molecule has 28 heavy (non-hydrogen) atoms. The van der Waals surface area contributed by atoms with Gasteiger partial charge in [0, 0.05) is 12.0 Å². The molecule has 0 aromatic carbocycles. The third-order valence-corrected chi connectivity index (χ3v) is 15.9. The molecule has 1 aliphatic heterocycles. The van der Waals surface area contributed by atoms with Crippen molar-refractivity contribution < 1.29 is 13.6 Å². The van der Waals surface area contributed by atoms with E-state index in [2.05, 4.69) is 80.0 Å². The van der Waals surface area contributed by atoms with Crippen molar-refractivity contribution in [3.05, 3.63) is 29.5 Å². The first-order valence-corrected chi connectivity index (χ1v) is 16.4. The van der Waals surface area contributed by atoms with Gasteiger partial charge in [-0.3, -0.25) is 0 Å². The van der Waals surface area contributed by atoms with Gasteiger partial charge in [-0.25, -0.2) is 0 Å². The lowest BCUT2D eigenvalue weighted by molar-refractivity contribution is 0.126. The van der Waals surface area contributed by atoms with Crippen LogP contribution in [-0.2, 0) is 13.6 Å². The lowest BCUT2D eigenvalue weighted by atomic mass is 9.90. The van der Waals surface area contributed by atoms with Gasteiger partial charge in [0.2, 0.25) is 0 Å². The van der Waals surface area contributed by atoms with Crippen LogP contribution in [0.4, 0.5) is 0 Å². The molecule has 1 saturated heterocycles. The molecule has 2 unspecified atom stereocenters. The summed E-state index contributed by atoms with van der Waals surface area (Å²) in [7, 11) is -3.78. The lowest BCUT2D eigenvalue weighted by Crippen LogP contribution is -2.51. The number of rotatable bonds is 5. The van der Waals surface area contributed by atoms with Crippen LogP contribution in [-0.4, -0.2) is 41.1 Å². The first-order chi connectivity index (χ1) is 12.5. The molecule has 160 valence electrons. The van der Waals surface area contributed by atoms with Crippen molar-refractivity contribution in [3.63, 3.8) is 0 Å². The van der Waals surface area contributed by atoms with E-state index in [0.717, 1.165) is 12.0 Å². The standard InChI is InChI=1S/C23H42O3Si2/c1-16(2)13-14-17-15-18(25-27(9,10)22(3,4)5)20-21(24-20)19(17)26-28(11,12)23(6,7)8/h13,18-21H,1,15H2,2-12H3/t14?,18-,19+,20?,21?/m1/s1. The quantitative estimate of drug-likeness (QED) is 0.216. The number of allylic oxidation sites excluding steroid dienone is 1. The summed E-state index contributed by atoms with van der Waals surface area (Å²) in [5.74, 6) is 0. The van der Waals surface area contributed by atoms with Gasteiger partial charge in [0.15, 0.2) is 16.6 Å². The van der Waals surface area contributed by atoms with Crippen LogP contribution >= 0.6 is 0 Å². The Morgan fingerprint density at radius 2 is 1.50 bits per heavy atom. The van der Waals surface area contributed by atoms with Crippen LogP contribution in [0.1, 0.15) is 54.9 Å². The second-order valence-electron chi connectivity index (χ2n) is 11.6. The van der Waals surface area contributed by atoms with Crippen molar-refractivity contribution in [1.29, 1.82) is 0 Å². The zero-order valence-corrected chi connectivity index (χ0v) is 22.0. The van der Waals surface area contributed by atoms with Crippen molar-refractivity contribution in [3.8, 4) is 0 Å². The molecule has 0 bridgehead atoms. The zero-order valence-electron chi connectivity index (χ0n) is 20.0. The average molecular weight is 423 g/mol. The van der Waals surface area contributed by atoms with E-state index in [-0.39, 0.29) is 34.5 Å². The first-order valence-electron chi connectivity index (χ1n) is 10.6. The fourth-order valence-corrected chi connectivity index (χ4v) is 5.57. The van der Waals surface area contributed by atoms with Crippen molar-refractivity contribution in [2.24, 2.45) is 0 Å². The van der Waals surface area contributed by atoms with Gasteiger partial charge in [-0.2, -0.15) is 0 Å². The summed E-state index contributed by atoms with van der Waals surface area (Å²) < 4.78 is 19.7. The SMILES string of the molecule is C=C(C)C=C=C1C[C@@H](O[Si](C)(C)C(C)(C)C)C2OC2[C@H]1O[Si](C)(C)C(C)(C)C. The highest BCUT2D eigenvalue weighted by Crippen LogP contribution is 2.48. The van der Waals surface area contributed by atoms with E-state index in [4.69, 9.17) is 13.6 Å². The van der Waals surface area contributed by atoms with Crippen molar-refractivity contribution in [2.45, 2.75) is 116 Å². The molecule has 1 aliphatic carbocycles. The van der Waals surface area contributed by atoms with Crippen LogP contribution in [0.3, 0.4) is 0 Å². The normalized spacial score (nSPS) is 28.5. The maximum atomic E-state index is 6.81. The number of fused-ring (bicyclic) bond motifs is 1. The van der Waals surface area contributed by atoms with Crippen LogP contribution in [0.15, 0.2) is 29.5 Å². The fraction of sp³-hybridized carbons (Fsp3) is 0.783. The molecule has 1 saturated carbocycles. The topological polar surface area (TPSA) is 31.0 Å². The van der Waals surface area contributed by atoms with Crippen LogP contribution in [0.5, 0.6) is 0 Å². The Labute approximate surface area is 175 Å². The van der Waals surface area contributed by atoms with E-state index in [0.29, 0.717) is 0 Å². The Morgan fingerprint density at radius 1 is 1.00 bits per heavy atom. The fourth-order valence-electron chi connectivity index (χ4n) is 2.98. The number of ether oxygens (including phenoxy) is 1. The minimum Gasteiger partial charge on any atom is -0.411 e. The number of hydrogen-bond donors (Lipinski definition) is 0. The monoisotopic (exact) mass is 422 g/mol. The summed E-state index contributed by atoms with van der Waals surface area (Å²) >= 11 is 0. The Balaban J connectivity index is 2.30. The second kappa shape index (κ2) is 7.68. The van der Waals surface area contributed by atoms with E-state index in [1.807, 2.05) is 13.0 Å². The van der Waals surface area contributed by atoms with Crippen molar-refractivity contribution in [2.75, 3.05) is 0 Å². The lowest BCUT2D eigenvalue weighted by Gasteiger charge is -2.43. The van der Waals surface area contributed by atoms with Gasteiger partial charge in [-0.15, -0.1) is 5.73 Å². The van der Waals surface area contributed by atoms with E-state index in [9.17, 15) is 0 Å². The molecule has 0 amide bonds. The van der Waals surface area contributed by atoms with Gasteiger partial charge in [0.05, 0.1) is 6.10 Å². The highest BCUT2D eigenvalue weighted by molar-refractivity contribution is 6.74. The number of hydrogen-bond acceptors (Lipinski definition) is 3. The Kier molecular flexibility index (Phi) is 6.54. The summed E-state index contributed by atoms with van der Waals surface area (Å²) in [6, 6.07) is 0. The predicted molar refractivity (Wildman–Crippen MR) is 124 cm³/mol. The summed E-state index contributed by atoms with van der Waals surface area (Å²) in [6.45, 7) is 28.9. The van der Waals surface area contributed by atoms with E-state index in [1.54, 1.807) is 0 Å². The summed E-state index contributed by atoms with van der Waals surface area (Å²) in [4.78, 5) is 0. The van der Waals surface area contributed by atoms with Gasteiger partial charge < -0.3 is 13.6 Å². The molecule has 0 N–H and O–H groups in total. The van der Waals surface area contributed by atoms with Crippen LogP contribution in [0.25, 0.3) is 0 Å². The Bertz CT molecular complexity index is 673. The molecular weight excluding hydrogens is 380 g/mol. The second-order valence-corrected chi connectivity index (χ2v) is 21.2. The highest BCUT2D eigenvalue weighted by Gasteiger charge is 2.59. The summed E-state index contributed by atoms with van der Waals surface area (Å²) in [6.07, 6.45) is 3.14. The molecule has 2 aliphatic rings. The summed E-state index contributed by atoms with van der Waals surface area (Å²) in [5.41, 5.74) is 5.68. The van der Waals surface area contributed by atoms with E-state index < -0.39 is 16.6 Å². The molecule has 0 aromatic rings. The Hall–Kier alpha value is -0.426. The molecule has 0 radical (unpaired) electrons. The Morgan fingerprint density at radius 3 is 1.96 bits per heavy atom. The molecule has 2 rings (SSSR count). The van der Waals surface area contributed by atoms with Crippen molar-refractivity contribution in [1.82, 2.24) is 0 Å². The third kappa shape index (κ3) is 5.19. The highest BCUT2D eigenvalue weighted by atomic mass is 28.4. The predicted octanol–water partition coefficient (Wildman–Crippen LogP) is 6.60. The third-order valence-electron chi connectivity index (χ3n) is 6.97. The molecule has 4 atom stereocenters. The van der Waals surface area contributed by atoms with Gasteiger partial charge in [-0.1, -0.05) is 53.7 Å². The molecule has 2 fully saturated rings. The largest absolute Gasteiger partial charge is 0.411 e. The number of epoxide rings is 1. The molecular formula is C23H42O3Si2. The first kappa shape index (κ1) is 23.8. The molecule has 0 aromatic heterocycles. The molecule has 5 heteroatoms. The van der Waals surface area contributed by atoms with Crippen molar-refractivity contribution >= 4 is 16.6 Å². The van der Waals surface area contributed by atoms with Crippen LogP contribution in [0.2, 0.25) is 36.3 Å². The maximum absolute atomic E-state index is 6.81. The summed E-state index contributed by atoms with van der Waals surface area (Å²) in [5, 5.41) is 0.346. The van der Waals surface area contributed by atoms with E-state index in [1.165, 1.54) is 5.57 Å².